The largest absolute Gasteiger partial charge is 0.421 e. The molecule has 0 bridgehead atoms. The van der Waals surface area contributed by atoms with Gasteiger partial charge in [0, 0.05) is 31.7 Å². The van der Waals surface area contributed by atoms with Gasteiger partial charge in [-0.3, -0.25) is 14.5 Å². The van der Waals surface area contributed by atoms with Crippen LogP contribution in [0.1, 0.15) is 36.5 Å². The summed E-state index contributed by atoms with van der Waals surface area (Å²) < 4.78 is 12.9. The number of nitrogens with zero attached hydrogens (tertiary/aromatic N) is 2. The maximum absolute atomic E-state index is 13.3. The number of hydrogen-bond donors (Lipinski definition) is 0. The van der Waals surface area contributed by atoms with Crippen LogP contribution in [0.15, 0.2) is 47.4 Å². The number of benzene rings is 2. The maximum atomic E-state index is 13.3. The molecule has 5 rings (SSSR count). The Kier molecular flexibility index (Phi) is 5.81. The first-order chi connectivity index (χ1) is 15.6. The Balaban J connectivity index is 1.62. The number of morpholine rings is 1. The van der Waals surface area contributed by atoms with Crippen molar-refractivity contribution in [1.82, 2.24) is 9.47 Å². The number of fused-ring (bicyclic) bond motifs is 2. The molecule has 0 unspecified atom stereocenters. The highest BCUT2D eigenvalue weighted by molar-refractivity contribution is 5.84. The molecule has 166 valence electrons. The molecule has 32 heavy (non-hydrogen) atoms. The average molecular weight is 433 g/mol. The molecule has 2 aromatic carbocycles. The van der Waals surface area contributed by atoms with Gasteiger partial charge in [-0.1, -0.05) is 19.1 Å². The first-order valence-corrected chi connectivity index (χ1v) is 11.4. The number of ether oxygens (including phenoxy) is 2. The molecule has 1 aliphatic carbocycles. The molecule has 0 radical (unpaired) electrons. The van der Waals surface area contributed by atoms with Crippen molar-refractivity contribution in [3.63, 3.8) is 0 Å². The zero-order valence-corrected chi connectivity index (χ0v) is 18.4. The summed E-state index contributed by atoms with van der Waals surface area (Å²) in [5.41, 5.74) is 5.36. The Labute approximate surface area is 187 Å². The average Bonchev–Trinajstić information content (AvgIpc) is 3.29. The quantitative estimate of drug-likeness (QED) is 0.577. The van der Waals surface area contributed by atoms with Crippen molar-refractivity contribution in [2.75, 3.05) is 26.3 Å². The molecule has 2 aliphatic rings. The van der Waals surface area contributed by atoms with E-state index in [9.17, 15) is 9.59 Å². The summed E-state index contributed by atoms with van der Waals surface area (Å²) in [6, 6.07) is 12.5. The summed E-state index contributed by atoms with van der Waals surface area (Å²) in [7, 11) is 0. The molecule has 6 heteroatoms. The minimum atomic E-state index is -0.411. The molecule has 1 aliphatic heterocycles. The van der Waals surface area contributed by atoms with Crippen LogP contribution in [0.3, 0.4) is 0 Å². The fourth-order valence-corrected chi connectivity index (χ4v) is 4.66. The molecule has 6 nitrogen and oxygen atoms in total. The monoisotopic (exact) mass is 432 g/mol. The number of carbonyl (C=O) groups excluding carboxylic acids is 1. The van der Waals surface area contributed by atoms with E-state index >= 15 is 0 Å². The highest BCUT2D eigenvalue weighted by Crippen LogP contribution is 2.27. The molecule has 1 fully saturated rings. The van der Waals surface area contributed by atoms with E-state index in [-0.39, 0.29) is 17.6 Å². The molecule has 0 N–H and O–H groups in total. The first-order valence-electron chi connectivity index (χ1n) is 11.4. The third kappa shape index (κ3) is 4.08. The number of rotatable bonds is 5. The number of aromatic nitrogens is 1. The van der Waals surface area contributed by atoms with Crippen LogP contribution >= 0.6 is 0 Å². The predicted molar refractivity (Wildman–Crippen MR) is 124 cm³/mol. The van der Waals surface area contributed by atoms with Gasteiger partial charge in [0.25, 0.3) is 0 Å². The van der Waals surface area contributed by atoms with Crippen molar-refractivity contribution in [3.05, 3.63) is 69.5 Å². The predicted octanol–water partition coefficient (Wildman–Crippen LogP) is 3.63. The van der Waals surface area contributed by atoms with Gasteiger partial charge in [0.15, 0.2) is 5.75 Å². The minimum Gasteiger partial charge on any atom is -0.421 e. The Morgan fingerprint density at radius 2 is 1.88 bits per heavy atom. The second-order valence-electron chi connectivity index (χ2n) is 8.57. The zero-order valence-electron chi connectivity index (χ0n) is 18.4. The van der Waals surface area contributed by atoms with Crippen LogP contribution < -0.4 is 10.2 Å². The van der Waals surface area contributed by atoms with Crippen molar-refractivity contribution in [1.29, 1.82) is 0 Å². The number of hydrogen-bond acceptors (Lipinski definition) is 5. The lowest BCUT2D eigenvalue weighted by molar-refractivity contribution is -0.134. The van der Waals surface area contributed by atoms with Crippen LogP contribution in [-0.4, -0.2) is 41.7 Å². The Morgan fingerprint density at radius 3 is 2.69 bits per heavy atom. The van der Waals surface area contributed by atoms with Gasteiger partial charge >= 0.3 is 5.97 Å². The smallest absolute Gasteiger partial charge is 0.311 e. The highest BCUT2D eigenvalue weighted by atomic mass is 16.5. The third-order valence-electron chi connectivity index (χ3n) is 6.42. The molecule has 0 saturated carbocycles. The van der Waals surface area contributed by atoms with Crippen LogP contribution in [0.5, 0.6) is 5.75 Å². The Bertz CT molecular complexity index is 1220. The van der Waals surface area contributed by atoms with E-state index in [0.717, 1.165) is 62.5 Å². The fourth-order valence-electron chi connectivity index (χ4n) is 4.66. The van der Waals surface area contributed by atoms with Gasteiger partial charge in [0.1, 0.15) is 0 Å². The third-order valence-corrected chi connectivity index (χ3v) is 6.42. The number of aryl methyl sites for hydroxylation is 2. The number of pyridine rings is 1. The van der Waals surface area contributed by atoms with Gasteiger partial charge < -0.3 is 14.0 Å². The lowest BCUT2D eigenvalue weighted by atomic mass is 10.1. The lowest BCUT2D eigenvalue weighted by Gasteiger charge is -2.26. The topological polar surface area (TPSA) is 60.8 Å². The van der Waals surface area contributed by atoms with E-state index in [1.54, 1.807) is 13.1 Å². The van der Waals surface area contributed by atoms with Gasteiger partial charge in [-0.15, -0.1) is 0 Å². The lowest BCUT2D eigenvalue weighted by Crippen LogP contribution is -2.35. The summed E-state index contributed by atoms with van der Waals surface area (Å²) in [6.45, 7) is 5.71. The number of esters is 1. The van der Waals surface area contributed by atoms with Crippen LogP contribution in [0.4, 0.5) is 0 Å². The molecule has 3 aromatic rings. The highest BCUT2D eigenvalue weighted by Gasteiger charge is 2.18. The Morgan fingerprint density at radius 1 is 1.06 bits per heavy atom. The van der Waals surface area contributed by atoms with Gasteiger partial charge in [-0.05, 0) is 60.2 Å². The van der Waals surface area contributed by atoms with E-state index in [0.29, 0.717) is 5.39 Å². The fraction of sp³-hybridized carbons (Fsp3) is 0.385. The molecular weight excluding hydrogens is 404 g/mol. The minimum absolute atomic E-state index is 0.0772. The molecule has 1 aromatic heterocycles. The summed E-state index contributed by atoms with van der Waals surface area (Å²) >= 11 is 0. The van der Waals surface area contributed by atoms with E-state index < -0.39 is 5.97 Å². The van der Waals surface area contributed by atoms with Crippen molar-refractivity contribution in [3.8, 4) is 11.4 Å². The van der Waals surface area contributed by atoms with Crippen LogP contribution in [-0.2, 0) is 28.9 Å². The zero-order chi connectivity index (χ0) is 22.1. The Hall–Kier alpha value is -2.96. The molecule has 0 amide bonds. The summed E-state index contributed by atoms with van der Waals surface area (Å²) in [4.78, 5) is 27.6. The number of carbonyl (C=O) groups is 1. The van der Waals surface area contributed by atoms with Gasteiger partial charge in [-0.2, -0.15) is 0 Å². The van der Waals surface area contributed by atoms with Crippen LogP contribution in [0.25, 0.3) is 16.6 Å². The van der Waals surface area contributed by atoms with Crippen molar-refractivity contribution in [2.24, 2.45) is 0 Å². The standard InChI is InChI=1S/C26H28N2O4/c1-2-25(29)32-24-17-28(21-8-7-19-4-3-5-20(19)15-21)23-9-6-18(14-22(23)26(24)30)16-27-10-12-31-13-11-27/h6-9,14-15,17H,2-5,10-13,16H2,1H3. The van der Waals surface area contributed by atoms with E-state index in [2.05, 4.69) is 29.2 Å². The van der Waals surface area contributed by atoms with Crippen molar-refractivity contribution >= 4 is 16.9 Å². The van der Waals surface area contributed by atoms with E-state index in [1.165, 1.54) is 17.5 Å². The first kappa shape index (κ1) is 20.9. The van der Waals surface area contributed by atoms with Gasteiger partial charge in [0.05, 0.1) is 30.3 Å². The second-order valence-corrected chi connectivity index (χ2v) is 8.57. The van der Waals surface area contributed by atoms with E-state index in [1.807, 2.05) is 16.7 Å². The maximum Gasteiger partial charge on any atom is 0.311 e. The van der Waals surface area contributed by atoms with E-state index in [4.69, 9.17) is 9.47 Å². The SMILES string of the molecule is CCC(=O)Oc1cn(-c2ccc3c(c2)CCC3)c2ccc(CN3CCOCC3)cc2c1=O. The van der Waals surface area contributed by atoms with Gasteiger partial charge in [0.2, 0.25) is 5.43 Å². The normalized spacial score (nSPS) is 16.3. The summed E-state index contributed by atoms with van der Waals surface area (Å²) in [6.07, 6.45) is 5.24. The van der Waals surface area contributed by atoms with Crippen molar-refractivity contribution < 1.29 is 14.3 Å². The molecule has 2 heterocycles. The molecule has 0 spiro atoms. The van der Waals surface area contributed by atoms with Crippen LogP contribution in [0.2, 0.25) is 0 Å². The second kappa shape index (κ2) is 8.88. The molecular formula is C26H28N2O4. The summed E-state index contributed by atoms with van der Waals surface area (Å²) in [5, 5.41) is 0.567. The van der Waals surface area contributed by atoms with Crippen LogP contribution in [0, 0.1) is 0 Å². The van der Waals surface area contributed by atoms with Gasteiger partial charge in [-0.25, -0.2) is 0 Å². The molecule has 0 atom stereocenters. The molecule has 1 saturated heterocycles. The van der Waals surface area contributed by atoms with Crippen molar-refractivity contribution in [2.45, 2.75) is 39.2 Å². The summed E-state index contributed by atoms with van der Waals surface area (Å²) in [5.74, 6) is -0.334.